The van der Waals surface area contributed by atoms with Gasteiger partial charge in [0.2, 0.25) is 35.4 Å². The molecule has 0 saturated carbocycles. The number of rotatable bonds is 22. The first-order valence-corrected chi connectivity index (χ1v) is 27.7. The van der Waals surface area contributed by atoms with E-state index in [1.165, 1.54) is 18.7 Å². The molecule has 0 aliphatic carbocycles. The highest BCUT2D eigenvalue weighted by Crippen LogP contribution is 2.40. The van der Waals surface area contributed by atoms with Crippen molar-refractivity contribution in [1.29, 1.82) is 0 Å². The van der Waals surface area contributed by atoms with E-state index in [-0.39, 0.29) is 55.2 Å². The summed E-state index contributed by atoms with van der Waals surface area (Å²) in [6.07, 6.45) is 0.476. The standard InChI is InChI=1S/C62H79N11O10/c1-35(2)47(31-37(5)59(80)81)72(13)58(79)54(61(7,8)9)68-57(78)53(63-12)62(10,11)41-20-18-21-43(32-41)66-60(82)83-34-39-25-27-42(28-26-39)65-55(76)38(6)64-56(77)50(36(3)4)67-48(74)29-30-49(75)73-33-40-19-14-15-22-44(40)51-52(70-71-69-51)45-23-16-17-24-46(45)73/h14-28,31-32,35-36,38,47,50,53-54,63H,29-30,33-34H2,1-13H3,(H,64,77)(H,65,76)(H,66,82)(H,67,74)(H,68,78)(H,80,81)(H,69,70,71)/b37-31+/t38-,47+,50-,53+,54+/m0/s1. The van der Waals surface area contributed by atoms with Crippen molar-refractivity contribution in [2.75, 3.05) is 29.6 Å². The van der Waals surface area contributed by atoms with Crippen LogP contribution < -0.4 is 36.8 Å². The Morgan fingerprint density at radius 1 is 0.723 bits per heavy atom. The van der Waals surface area contributed by atoms with Gasteiger partial charge in [0.25, 0.3) is 0 Å². The van der Waals surface area contributed by atoms with Gasteiger partial charge >= 0.3 is 12.1 Å². The van der Waals surface area contributed by atoms with Crippen LogP contribution in [0.1, 0.15) is 106 Å². The molecule has 5 aromatic rings. The minimum atomic E-state index is -1.08. The normalized spacial score (nSPS) is 14.2. The van der Waals surface area contributed by atoms with Gasteiger partial charge in [-0.05, 0) is 85.2 Å². The fourth-order valence-electron chi connectivity index (χ4n) is 9.91. The quantitative estimate of drug-likeness (QED) is 0.0309. The minimum Gasteiger partial charge on any atom is -0.478 e. The van der Waals surface area contributed by atoms with Gasteiger partial charge < -0.3 is 46.2 Å². The van der Waals surface area contributed by atoms with E-state index < -0.39 is 76.7 Å². The van der Waals surface area contributed by atoms with Crippen LogP contribution in [-0.4, -0.2) is 117 Å². The van der Waals surface area contributed by atoms with Gasteiger partial charge in [0.15, 0.2) is 0 Å². The van der Waals surface area contributed by atoms with E-state index in [1.54, 1.807) is 81.4 Å². The number of likely N-dealkylation sites (N-methyl/N-ethyl adjacent to an activating group) is 2. The number of carbonyl (C=O) groups excluding carboxylic acids is 7. The second kappa shape index (κ2) is 27.4. The Morgan fingerprint density at radius 3 is 1.99 bits per heavy atom. The first kappa shape index (κ1) is 63.5. The van der Waals surface area contributed by atoms with E-state index in [0.717, 1.165) is 11.1 Å². The number of aromatic nitrogens is 3. The smallest absolute Gasteiger partial charge is 0.411 e. The molecule has 0 bridgehead atoms. The van der Waals surface area contributed by atoms with Crippen molar-refractivity contribution in [3.05, 3.63) is 125 Å². The van der Waals surface area contributed by atoms with Crippen molar-refractivity contribution in [1.82, 2.24) is 41.6 Å². The van der Waals surface area contributed by atoms with Crippen LogP contribution in [0.25, 0.3) is 22.5 Å². The number of hydrogen-bond acceptors (Lipinski definition) is 12. The maximum absolute atomic E-state index is 14.2. The molecule has 6 rings (SSSR count). The molecule has 5 atom stereocenters. The molecule has 1 aliphatic heterocycles. The lowest BCUT2D eigenvalue weighted by molar-refractivity contribution is -0.141. The summed E-state index contributed by atoms with van der Waals surface area (Å²) in [5.41, 5.74) is 4.94. The lowest BCUT2D eigenvalue weighted by Crippen LogP contribution is -2.61. The minimum absolute atomic E-state index is 0.107. The van der Waals surface area contributed by atoms with Gasteiger partial charge in [0.05, 0.1) is 24.3 Å². The van der Waals surface area contributed by atoms with Crippen LogP contribution in [0.5, 0.6) is 0 Å². The largest absolute Gasteiger partial charge is 0.478 e. The Balaban J connectivity index is 0.984. The van der Waals surface area contributed by atoms with Crippen LogP contribution in [0.15, 0.2) is 109 Å². The monoisotopic (exact) mass is 1140 g/mol. The van der Waals surface area contributed by atoms with Crippen LogP contribution in [0.4, 0.5) is 21.9 Å². The highest BCUT2D eigenvalue weighted by molar-refractivity contribution is 6.02. The summed E-state index contributed by atoms with van der Waals surface area (Å²) in [7, 11) is 3.26. The highest BCUT2D eigenvalue weighted by Gasteiger charge is 2.42. The van der Waals surface area contributed by atoms with Gasteiger partial charge in [-0.2, -0.15) is 15.4 Å². The summed E-state index contributed by atoms with van der Waals surface area (Å²) in [4.78, 5) is 110. The summed E-state index contributed by atoms with van der Waals surface area (Å²) in [6, 6.07) is 24.2. The molecule has 2 heterocycles. The average molecular weight is 1140 g/mol. The number of para-hydroxylation sites is 1. The summed E-state index contributed by atoms with van der Waals surface area (Å²) in [5, 5.41) is 38.2. The zero-order chi connectivity index (χ0) is 61.1. The molecule has 83 heavy (non-hydrogen) atoms. The Labute approximate surface area is 485 Å². The molecule has 1 aromatic heterocycles. The topological polar surface area (TPSA) is 286 Å². The molecule has 4 aromatic carbocycles. The molecule has 1 aliphatic rings. The summed E-state index contributed by atoms with van der Waals surface area (Å²) in [6.45, 7) is 19.7. The molecular formula is C62H79N11O10. The molecule has 21 heteroatoms. The first-order valence-electron chi connectivity index (χ1n) is 27.7. The summed E-state index contributed by atoms with van der Waals surface area (Å²) in [5.74, 6) is -4.26. The SMILES string of the molecule is CN[C@H](C(=O)N[C@H](C(=O)N(C)[C@H](/C=C(\C)C(=O)O)C(C)C)C(C)(C)C)C(C)(C)c1cccc(NC(=O)OCc2ccc(NC(=O)[C@H](C)NC(=O)[C@@H](NC(=O)CCC(=O)N3Cc4ccccc4-c4n[nH]nc4-c4ccccc43)C(C)C)cc2)c1. The lowest BCUT2D eigenvalue weighted by atomic mass is 9.76. The van der Waals surface area contributed by atoms with Gasteiger partial charge in [-0.15, -0.1) is 0 Å². The Bertz CT molecular complexity index is 3220. The van der Waals surface area contributed by atoms with Crippen LogP contribution in [0.3, 0.4) is 0 Å². The van der Waals surface area contributed by atoms with Crippen molar-refractivity contribution in [3.8, 4) is 22.5 Å². The van der Waals surface area contributed by atoms with E-state index in [9.17, 15) is 43.5 Å². The molecule has 0 saturated heterocycles. The number of carboxylic acid groups (broad SMARTS) is 1. The number of fused-ring (bicyclic) bond motifs is 5. The van der Waals surface area contributed by atoms with Crippen molar-refractivity contribution < 1.29 is 48.2 Å². The van der Waals surface area contributed by atoms with Crippen LogP contribution in [0.2, 0.25) is 0 Å². The number of aliphatic carboxylic acids is 1. The van der Waals surface area contributed by atoms with Crippen molar-refractivity contribution in [2.45, 2.75) is 138 Å². The predicted molar refractivity (Wildman–Crippen MR) is 317 cm³/mol. The number of benzene rings is 4. The van der Waals surface area contributed by atoms with Gasteiger partial charge in [0, 0.05) is 53.4 Å². The average Bonchev–Trinajstić information content (AvgIpc) is 3.00. The predicted octanol–water partition coefficient (Wildman–Crippen LogP) is 7.71. The third-order valence-electron chi connectivity index (χ3n) is 14.8. The lowest BCUT2D eigenvalue weighted by Gasteiger charge is -2.40. The second-order valence-corrected chi connectivity index (χ2v) is 23.3. The zero-order valence-electron chi connectivity index (χ0n) is 49.6. The molecule has 442 valence electrons. The maximum atomic E-state index is 14.2. The number of aromatic amines is 1. The number of hydrogen-bond donors (Lipinski definition) is 8. The molecule has 0 spiro atoms. The molecule has 0 radical (unpaired) electrons. The Kier molecular flexibility index (Phi) is 20.9. The second-order valence-electron chi connectivity index (χ2n) is 23.3. The Morgan fingerprint density at radius 2 is 1.36 bits per heavy atom. The zero-order valence-corrected chi connectivity index (χ0v) is 49.6. The number of nitrogens with zero attached hydrogens (tertiary/aromatic N) is 4. The van der Waals surface area contributed by atoms with E-state index >= 15 is 0 Å². The first-order chi connectivity index (χ1) is 39.1. The van der Waals surface area contributed by atoms with E-state index in [1.807, 2.05) is 103 Å². The molecule has 8 N–H and O–H groups in total. The van der Waals surface area contributed by atoms with Crippen LogP contribution in [-0.2, 0) is 56.9 Å². The van der Waals surface area contributed by atoms with E-state index in [0.29, 0.717) is 45.1 Å². The summed E-state index contributed by atoms with van der Waals surface area (Å²) >= 11 is 0. The highest BCUT2D eigenvalue weighted by atomic mass is 16.5. The number of amides is 7. The number of ether oxygens (including phenoxy) is 1. The molecule has 7 amide bonds. The van der Waals surface area contributed by atoms with E-state index in [2.05, 4.69) is 47.3 Å². The fourth-order valence-corrected chi connectivity index (χ4v) is 9.91. The van der Waals surface area contributed by atoms with Gasteiger partial charge in [0.1, 0.15) is 36.1 Å². The number of carboxylic acids is 1. The van der Waals surface area contributed by atoms with Crippen LogP contribution in [0, 0.1) is 17.3 Å². The number of nitrogens with one attached hydrogen (secondary N) is 7. The van der Waals surface area contributed by atoms with Gasteiger partial charge in [-0.3, -0.25) is 34.1 Å². The Hall–Kier alpha value is -8.72. The summed E-state index contributed by atoms with van der Waals surface area (Å²) < 4.78 is 5.53. The third kappa shape index (κ3) is 15.8. The van der Waals surface area contributed by atoms with Crippen molar-refractivity contribution in [3.63, 3.8) is 0 Å². The number of carbonyl (C=O) groups is 8. The molecule has 0 fully saturated rings. The number of anilines is 3. The molecule has 0 unspecified atom stereocenters. The van der Waals surface area contributed by atoms with Crippen molar-refractivity contribution in [2.24, 2.45) is 17.3 Å². The fraction of sp³-hybridized carbons (Fsp3) is 0.419. The third-order valence-corrected chi connectivity index (χ3v) is 14.8. The maximum Gasteiger partial charge on any atom is 0.411 e. The molecular weight excluding hydrogens is 1060 g/mol. The molecule has 21 nitrogen and oxygen atoms in total. The van der Waals surface area contributed by atoms with Crippen LogP contribution >= 0.6 is 0 Å². The van der Waals surface area contributed by atoms with E-state index in [4.69, 9.17) is 4.74 Å². The van der Waals surface area contributed by atoms with Crippen molar-refractivity contribution >= 4 is 64.6 Å². The van der Waals surface area contributed by atoms with Gasteiger partial charge in [-0.1, -0.05) is 135 Å². The number of H-pyrrole nitrogens is 1. The van der Waals surface area contributed by atoms with Gasteiger partial charge in [-0.25, -0.2) is 9.59 Å².